The quantitative estimate of drug-likeness (QED) is 0.916. The van der Waals surface area contributed by atoms with Crippen molar-refractivity contribution in [2.45, 2.75) is 18.9 Å². The Labute approximate surface area is 140 Å². The van der Waals surface area contributed by atoms with Gasteiger partial charge in [-0.3, -0.25) is 4.79 Å². The van der Waals surface area contributed by atoms with E-state index in [0.29, 0.717) is 23.4 Å². The molecule has 0 aliphatic carbocycles. The van der Waals surface area contributed by atoms with Crippen LogP contribution in [0.15, 0.2) is 48.5 Å². The first kappa shape index (κ1) is 16.0. The van der Waals surface area contributed by atoms with Gasteiger partial charge < -0.3 is 14.8 Å². The van der Waals surface area contributed by atoms with Crippen LogP contribution in [0, 0.1) is 11.3 Å². The van der Waals surface area contributed by atoms with E-state index in [1.165, 1.54) is 0 Å². The van der Waals surface area contributed by atoms with E-state index in [1.807, 2.05) is 6.07 Å². The van der Waals surface area contributed by atoms with E-state index in [9.17, 15) is 4.79 Å². The zero-order valence-electron chi connectivity index (χ0n) is 13.2. The van der Waals surface area contributed by atoms with Crippen molar-refractivity contribution in [2.24, 2.45) is 0 Å². The predicted octanol–water partition coefficient (Wildman–Crippen LogP) is 3.37. The number of nitrogens with one attached hydrogen (secondary N) is 1. The zero-order valence-corrected chi connectivity index (χ0v) is 13.2. The highest BCUT2D eigenvalue weighted by Gasteiger charge is 2.16. The van der Waals surface area contributed by atoms with Gasteiger partial charge in [-0.05, 0) is 61.4 Å². The molecule has 1 atom stereocenters. The zero-order chi connectivity index (χ0) is 16.8. The molecule has 24 heavy (non-hydrogen) atoms. The van der Waals surface area contributed by atoms with Crippen molar-refractivity contribution in [3.8, 4) is 11.8 Å². The van der Waals surface area contributed by atoms with Gasteiger partial charge in [-0.15, -0.1) is 0 Å². The molecule has 2 aromatic rings. The van der Waals surface area contributed by atoms with Gasteiger partial charge in [-0.25, -0.2) is 0 Å². The van der Waals surface area contributed by atoms with Crippen LogP contribution in [-0.4, -0.2) is 25.2 Å². The van der Waals surface area contributed by atoms with Crippen molar-refractivity contribution in [3.05, 3.63) is 59.7 Å². The molecule has 5 nitrogen and oxygen atoms in total. The van der Waals surface area contributed by atoms with Gasteiger partial charge >= 0.3 is 0 Å². The maximum Gasteiger partial charge on any atom is 0.255 e. The minimum Gasteiger partial charge on any atom is -0.491 e. The smallest absolute Gasteiger partial charge is 0.255 e. The molecule has 0 radical (unpaired) electrons. The molecule has 1 N–H and O–H groups in total. The summed E-state index contributed by atoms with van der Waals surface area (Å²) in [6, 6.07) is 15.8. The summed E-state index contributed by atoms with van der Waals surface area (Å²) in [6.45, 7) is 1.35. The molecule has 5 heteroatoms. The molecule has 2 aromatic carbocycles. The van der Waals surface area contributed by atoms with Crippen LogP contribution >= 0.6 is 0 Å². The summed E-state index contributed by atoms with van der Waals surface area (Å²) in [5.74, 6) is 0.519. The number of benzene rings is 2. The van der Waals surface area contributed by atoms with Crippen molar-refractivity contribution >= 4 is 11.6 Å². The maximum absolute atomic E-state index is 12.2. The lowest BCUT2D eigenvalue weighted by molar-refractivity contribution is 0.0679. The molecule has 0 spiro atoms. The first-order valence-electron chi connectivity index (χ1n) is 7.90. The molecule has 1 aliphatic rings. The SMILES string of the molecule is N#Cc1ccc(NC(=O)c2ccc(OC[C@H]3CCCO3)cc2)cc1. The van der Waals surface area contributed by atoms with Crippen LogP contribution in [0.4, 0.5) is 5.69 Å². The Balaban J connectivity index is 1.55. The molecule has 0 aromatic heterocycles. The summed E-state index contributed by atoms with van der Waals surface area (Å²) in [5.41, 5.74) is 1.75. The summed E-state index contributed by atoms with van der Waals surface area (Å²) >= 11 is 0. The van der Waals surface area contributed by atoms with E-state index in [1.54, 1.807) is 48.5 Å². The summed E-state index contributed by atoms with van der Waals surface area (Å²) in [7, 11) is 0. The largest absolute Gasteiger partial charge is 0.491 e. The summed E-state index contributed by atoms with van der Waals surface area (Å²) in [6.07, 6.45) is 2.29. The second-order valence-corrected chi connectivity index (χ2v) is 5.61. The first-order valence-corrected chi connectivity index (χ1v) is 7.90. The number of hydrogen-bond donors (Lipinski definition) is 1. The lowest BCUT2D eigenvalue weighted by atomic mass is 10.2. The van der Waals surface area contributed by atoms with E-state index >= 15 is 0 Å². The van der Waals surface area contributed by atoms with E-state index in [0.717, 1.165) is 25.2 Å². The third-order valence-electron chi connectivity index (χ3n) is 3.85. The van der Waals surface area contributed by atoms with Gasteiger partial charge in [0, 0.05) is 17.9 Å². The second kappa shape index (κ2) is 7.62. The molecule has 0 bridgehead atoms. The number of nitrogens with zero attached hydrogens (tertiary/aromatic N) is 1. The second-order valence-electron chi connectivity index (χ2n) is 5.61. The predicted molar refractivity (Wildman–Crippen MR) is 90.0 cm³/mol. The third-order valence-corrected chi connectivity index (χ3v) is 3.85. The highest BCUT2D eigenvalue weighted by atomic mass is 16.5. The van der Waals surface area contributed by atoms with Crippen molar-refractivity contribution in [1.82, 2.24) is 0 Å². The van der Waals surface area contributed by atoms with Crippen molar-refractivity contribution in [1.29, 1.82) is 5.26 Å². The minimum absolute atomic E-state index is 0.171. The number of carbonyl (C=O) groups is 1. The highest BCUT2D eigenvalue weighted by Crippen LogP contribution is 2.17. The van der Waals surface area contributed by atoms with Gasteiger partial charge in [0.15, 0.2) is 0 Å². The number of amides is 1. The van der Waals surface area contributed by atoms with Gasteiger partial charge in [-0.2, -0.15) is 5.26 Å². The third kappa shape index (κ3) is 4.12. The van der Waals surface area contributed by atoms with E-state index < -0.39 is 0 Å². The highest BCUT2D eigenvalue weighted by molar-refractivity contribution is 6.04. The standard InChI is InChI=1S/C19H18N2O3/c20-12-14-3-7-16(8-4-14)21-19(22)15-5-9-17(10-6-15)24-13-18-2-1-11-23-18/h3-10,18H,1-2,11,13H2,(H,21,22)/t18-/m1/s1. The minimum atomic E-state index is -0.203. The van der Waals surface area contributed by atoms with Crippen LogP contribution in [0.25, 0.3) is 0 Å². The first-order chi connectivity index (χ1) is 11.7. The van der Waals surface area contributed by atoms with Crippen LogP contribution in [0.1, 0.15) is 28.8 Å². The molecule has 0 unspecified atom stereocenters. The van der Waals surface area contributed by atoms with Gasteiger partial charge in [0.05, 0.1) is 17.7 Å². The molecule has 1 heterocycles. The monoisotopic (exact) mass is 322 g/mol. The fourth-order valence-electron chi connectivity index (χ4n) is 2.50. The Morgan fingerprint density at radius 3 is 2.58 bits per heavy atom. The van der Waals surface area contributed by atoms with Crippen LogP contribution in [0.3, 0.4) is 0 Å². The number of anilines is 1. The average molecular weight is 322 g/mol. The fourth-order valence-corrected chi connectivity index (χ4v) is 2.50. The van der Waals surface area contributed by atoms with Crippen molar-refractivity contribution < 1.29 is 14.3 Å². The number of ether oxygens (including phenoxy) is 2. The Hall–Kier alpha value is -2.84. The van der Waals surface area contributed by atoms with Crippen molar-refractivity contribution in [2.75, 3.05) is 18.5 Å². The molecular formula is C19H18N2O3. The molecule has 1 saturated heterocycles. The van der Waals surface area contributed by atoms with Crippen LogP contribution in [0.5, 0.6) is 5.75 Å². The summed E-state index contributed by atoms with van der Waals surface area (Å²) < 4.78 is 11.2. The van der Waals surface area contributed by atoms with E-state index in [-0.39, 0.29) is 12.0 Å². The molecule has 0 saturated carbocycles. The van der Waals surface area contributed by atoms with Gasteiger partial charge in [-0.1, -0.05) is 0 Å². The number of carbonyl (C=O) groups excluding carboxylic acids is 1. The fraction of sp³-hybridized carbons (Fsp3) is 0.263. The van der Waals surface area contributed by atoms with Gasteiger partial charge in [0.2, 0.25) is 0 Å². The van der Waals surface area contributed by atoms with E-state index in [4.69, 9.17) is 14.7 Å². The van der Waals surface area contributed by atoms with Crippen LogP contribution in [-0.2, 0) is 4.74 Å². The van der Waals surface area contributed by atoms with Crippen LogP contribution < -0.4 is 10.1 Å². The molecule has 1 amide bonds. The normalized spacial score (nSPS) is 16.4. The Morgan fingerprint density at radius 1 is 1.21 bits per heavy atom. The average Bonchev–Trinajstić information content (AvgIpc) is 3.14. The molecule has 1 aliphatic heterocycles. The maximum atomic E-state index is 12.2. The number of hydrogen-bond acceptors (Lipinski definition) is 4. The summed E-state index contributed by atoms with van der Waals surface area (Å²) in [4.78, 5) is 12.2. The molecular weight excluding hydrogens is 304 g/mol. The molecule has 1 fully saturated rings. The Bertz CT molecular complexity index is 727. The number of nitriles is 1. The lowest BCUT2D eigenvalue weighted by Gasteiger charge is -2.11. The molecule has 122 valence electrons. The van der Waals surface area contributed by atoms with Crippen LogP contribution in [0.2, 0.25) is 0 Å². The van der Waals surface area contributed by atoms with Crippen molar-refractivity contribution in [3.63, 3.8) is 0 Å². The topological polar surface area (TPSA) is 71.4 Å². The van der Waals surface area contributed by atoms with Gasteiger partial charge in [0.1, 0.15) is 12.4 Å². The summed E-state index contributed by atoms with van der Waals surface area (Å²) in [5, 5.41) is 11.6. The lowest BCUT2D eigenvalue weighted by Crippen LogP contribution is -2.16. The Morgan fingerprint density at radius 2 is 1.96 bits per heavy atom. The number of rotatable bonds is 5. The van der Waals surface area contributed by atoms with E-state index in [2.05, 4.69) is 5.32 Å². The Kier molecular flexibility index (Phi) is 5.09. The van der Waals surface area contributed by atoms with Gasteiger partial charge in [0.25, 0.3) is 5.91 Å². The molecule has 3 rings (SSSR count).